The molecule has 0 radical (unpaired) electrons. The molecule has 2 aromatic rings. The summed E-state index contributed by atoms with van der Waals surface area (Å²) < 4.78 is 6.29. The van der Waals surface area contributed by atoms with Gasteiger partial charge < -0.3 is 9.64 Å². The average molecular weight is 396 g/mol. The van der Waals surface area contributed by atoms with Crippen molar-refractivity contribution in [2.45, 2.75) is 33.1 Å². The lowest BCUT2D eigenvalue weighted by molar-refractivity contribution is -0.124. The Hall–Kier alpha value is -1.37. The van der Waals surface area contributed by atoms with Crippen LogP contribution in [0.3, 0.4) is 0 Å². The first-order chi connectivity index (χ1) is 12.6. The van der Waals surface area contributed by atoms with Crippen molar-refractivity contribution in [1.82, 2.24) is 9.88 Å². The van der Waals surface area contributed by atoms with Gasteiger partial charge in [-0.25, -0.2) is 4.98 Å². The van der Waals surface area contributed by atoms with Crippen molar-refractivity contribution in [3.8, 4) is 5.75 Å². The number of ether oxygens (including phenoxy) is 1. The van der Waals surface area contributed by atoms with Crippen LogP contribution in [0, 0.1) is 5.92 Å². The Bertz CT molecular complexity index is 771. The van der Waals surface area contributed by atoms with Crippen molar-refractivity contribution in [3.63, 3.8) is 0 Å². The molecule has 1 saturated carbocycles. The zero-order chi connectivity index (χ0) is 18.7. The molecule has 5 nitrogen and oxygen atoms in total. The summed E-state index contributed by atoms with van der Waals surface area (Å²) in [5.41, 5.74) is 0.731. The molecule has 0 spiro atoms. The van der Waals surface area contributed by atoms with Crippen molar-refractivity contribution < 1.29 is 9.53 Å². The SMILES string of the molecule is CCN(CC)CCN(C(=O)C1CCC1)c1nc2c(OC)ccc(Cl)c2s1. The first kappa shape index (κ1) is 19.4. The van der Waals surface area contributed by atoms with Crippen molar-refractivity contribution in [2.24, 2.45) is 5.92 Å². The number of amides is 1. The molecule has 0 bridgehead atoms. The minimum absolute atomic E-state index is 0.135. The summed E-state index contributed by atoms with van der Waals surface area (Å²) in [5.74, 6) is 1.01. The molecule has 1 amide bonds. The number of aromatic nitrogens is 1. The third kappa shape index (κ3) is 3.82. The van der Waals surface area contributed by atoms with Crippen LogP contribution in [0.4, 0.5) is 5.13 Å². The topological polar surface area (TPSA) is 45.7 Å². The number of methoxy groups -OCH3 is 1. The highest BCUT2D eigenvalue weighted by Gasteiger charge is 2.32. The smallest absolute Gasteiger partial charge is 0.231 e. The summed E-state index contributed by atoms with van der Waals surface area (Å²) >= 11 is 7.83. The predicted octanol–water partition coefficient (Wildman–Crippen LogP) is 4.43. The molecule has 142 valence electrons. The zero-order valence-electron chi connectivity index (χ0n) is 15.6. The number of anilines is 1. The quantitative estimate of drug-likeness (QED) is 0.663. The van der Waals surface area contributed by atoms with Crippen LogP contribution in [0.15, 0.2) is 12.1 Å². The van der Waals surface area contributed by atoms with E-state index in [1.54, 1.807) is 7.11 Å². The first-order valence-corrected chi connectivity index (χ1v) is 10.4. The van der Waals surface area contributed by atoms with E-state index in [-0.39, 0.29) is 11.8 Å². The Balaban J connectivity index is 1.93. The number of hydrogen-bond donors (Lipinski definition) is 0. The highest BCUT2D eigenvalue weighted by atomic mass is 35.5. The molecule has 0 N–H and O–H groups in total. The second-order valence-corrected chi connectivity index (χ2v) is 7.95. The van der Waals surface area contributed by atoms with Gasteiger partial charge in [0.15, 0.2) is 5.13 Å². The molecule has 0 saturated heterocycles. The van der Waals surface area contributed by atoms with Crippen LogP contribution < -0.4 is 9.64 Å². The van der Waals surface area contributed by atoms with E-state index in [1.165, 1.54) is 11.3 Å². The van der Waals surface area contributed by atoms with Crippen LogP contribution in [0.2, 0.25) is 5.02 Å². The number of carbonyl (C=O) groups is 1. The van der Waals surface area contributed by atoms with Gasteiger partial charge in [-0.1, -0.05) is 43.2 Å². The molecule has 1 heterocycles. The number of benzene rings is 1. The van der Waals surface area contributed by atoms with E-state index in [2.05, 4.69) is 18.7 Å². The number of likely N-dealkylation sites (N-methyl/N-ethyl adjacent to an activating group) is 1. The molecule has 26 heavy (non-hydrogen) atoms. The summed E-state index contributed by atoms with van der Waals surface area (Å²) in [7, 11) is 1.62. The molecule has 1 aliphatic rings. The fraction of sp³-hybridized carbons (Fsp3) is 0.579. The third-order valence-electron chi connectivity index (χ3n) is 5.15. The lowest BCUT2D eigenvalue weighted by Crippen LogP contribution is -2.43. The summed E-state index contributed by atoms with van der Waals surface area (Å²) in [6.07, 6.45) is 3.10. The molecule has 0 aliphatic heterocycles. The number of fused-ring (bicyclic) bond motifs is 1. The van der Waals surface area contributed by atoms with Crippen molar-refractivity contribution >= 4 is 44.2 Å². The minimum Gasteiger partial charge on any atom is -0.494 e. The Morgan fingerprint density at radius 1 is 1.31 bits per heavy atom. The average Bonchev–Trinajstić information content (AvgIpc) is 3.03. The fourth-order valence-electron chi connectivity index (χ4n) is 3.18. The summed E-state index contributed by atoms with van der Waals surface area (Å²) in [4.78, 5) is 22.0. The van der Waals surface area contributed by atoms with Gasteiger partial charge in [-0.3, -0.25) is 9.69 Å². The van der Waals surface area contributed by atoms with Crippen molar-refractivity contribution in [1.29, 1.82) is 0 Å². The second-order valence-electron chi connectivity index (χ2n) is 6.57. The number of halogens is 1. The van der Waals surface area contributed by atoms with Crippen LogP contribution in [-0.2, 0) is 4.79 Å². The Morgan fingerprint density at radius 2 is 2.04 bits per heavy atom. The second kappa shape index (κ2) is 8.55. The fourth-order valence-corrected chi connectivity index (χ4v) is 4.47. The van der Waals surface area contributed by atoms with E-state index < -0.39 is 0 Å². The monoisotopic (exact) mass is 395 g/mol. The van der Waals surface area contributed by atoms with Gasteiger partial charge in [0.05, 0.1) is 16.8 Å². The highest BCUT2D eigenvalue weighted by Crippen LogP contribution is 2.40. The molecule has 7 heteroatoms. The summed E-state index contributed by atoms with van der Waals surface area (Å²) in [5, 5.41) is 1.36. The lowest BCUT2D eigenvalue weighted by Gasteiger charge is -2.31. The summed E-state index contributed by atoms with van der Waals surface area (Å²) in [6, 6.07) is 3.64. The van der Waals surface area contributed by atoms with Gasteiger partial charge in [0.1, 0.15) is 11.3 Å². The predicted molar refractivity (Wildman–Crippen MR) is 109 cm³/mol. The van der Waals surface area contributed by atoms with Gasteiger partial charge in [0.25, 0.3) is 0 Å². The standard InChI is InChI=1S/C19H26ClN3O2S/c1-4-22(5-2)11-12-23(18(24)13-7-6-8-13)19-21-16-15(25-3)10-9-14(20)17(16)26-19/h9-10,13H,4-8,11-12H2,1-3H3. The molecular formula is C19H26ClN3O2S. The Kier molecular flexibility index (Phi) is 6.37. The molecular weight excluding hydrogens is 370 g/mol. The van der Waals surface area contributed by atoms with Gasteiger partial charge in [0.2, 0.25) is 5.91 Å². The van der Waals surface area contributed by atoms with Crippen LogP contribution in [0.25, 0.3) is 10.2 Å². The maximum atomic E-state index is 13.0. The third-order valence-corrected chi connectivity index (χ3v) is 6.69. The number of nitrogens with zero attached hydrogens (tertiary/aromatic N) is 3. The van der Waals surface area contributed by atoms with Gasteiger partial charge in [0, 0.05) is 19.0 Å². The Morgan fingerprint density at radius 3 is 2.62 bits per heavy atom. The normalized spacial score (nSPS) is 14.7. The number of hydrogen-bond acceptors (Lipinski definition) is 5. The van der Waals surface area contributed by atoms with E-state index in [1.807, 2.05) is 17.0 Å². The van der Waals surface area contributed by atoms with Crippen molar-refractivity contribution in [3.05, 3.63) is 17.2 Å². The van der Waals surface area contributed by atoms with Crippen LogP contribution in [-0.4, -0.2) is 49.1 Å². The van der Waals surface area contributed by atoms with Gasteiger partial charge in [-0.05, 0) is 38.1 Å². The van der Waals surface area contributed by atoms with Crippen LogP contribution >= 0.6 is 22.9 Å². The van der Waals surface area contributed by atoms with Crippen LogP contribution in [0.5, 0.6) is 5.75 Å². The van der Waals surface area contributed by atoms with Crippen LogP contribution in [0.1, 0.15) is 33.1 Å². The highest BCUT2D eigenvalue weighted by molar-refractivity contribution is 7.23. The maximum Gasteiger partial charge on any atom is 0.231 e. The molecule has 1 aromatic heterocycles. The number of thiazole rings is 1. The molecule has 0 unspecified atom stereocenters. The molecule has 1 fully saturated rings. The van der Waals surface area contributed by atoms with Gasteiger partial charge in [-0.2, -0.15) is 0 Å². The minimum atomic E-state index is 0.135. The van der Waals surface area contributed by atoms with Gasteiger partial charge >= 0.3 is 0 Å². The van der Waals surface area contributed by atoms with E-state index >= 15 is 0 Å². The first-order valence-electron chi connectivity index (χ1n) is 9.25. The molecule has 1 aromatic carbocycles. The summed E-state index contributed by atoms with van der Waals surface area (Å²) in [6.45, 7) is 7.72. The molecule has 3 rings (SSSR count). The Labute approximate surface area is 163 Å². The van der Waals surface area contributed by atoms with E-state index in [0.717, 1.165) is 54.2 Å². The zero-order valence-corrected chi connectivity index (χ0v) is 17.2. The van der Waals surface area contributed by atoms with Gasteiger partial charge in [-0.15, -0.1) is 0 Å². The maximum absolute atomic E-state index is 13.0. The molecule has 1 aliphatic carbocycles. The van der Waals surface area contributed by atoms with E-state index in [9.17, 15) is 4.79 Å². The van der Waals surface area contributed by atoms with E-state index in [4.69, 9.17) is 21.3 Å². The van der Waals surface area contributed by atoms with Crippen molar-refractivity contribution in [2.75, 3.05) is 38.2 Å². The number of rotatable bonds is 8. The lowest BCUT2D eigenvalue weighted by atomic mass is 9.84. The van der Waals surface area contributed by atoms with E-state index in [0.29, 0.717) is 17.3 Å². The molecule has 0 atom stereocenters. The number of carbonyl (C=O) groups excluding carboxylic acids is 1. The largest absolute Gasteiger partial charge is 0.494 e.